The van der Waals surface area contributed by atoms with Crippen molar-refractivity contribution in [2.24, 2.45) is 0 Å². The summed E-state index contributed by atoms with van der Waals surface area (Å²) >= 11 is 12.4. The molecule has 0 aliphatic carbocycles. The van der Waals surface area contributed by atoms with Crippen LogP contribution in [0.5, 0.6) is 0 Å². The van der Waals surface area contributed by atoms with Crippen molar-refractivity contribution in [3.63, 3.8) is 0 Å². The molecule has 0 aliphatic heterocycles. The van der Waals surface area contributed by atoms with Crippen molar-refractivity contribution >= 4 is 40.1 Å². The van der Waals surface area contributed by atoms with Crippen molar-refractivity contribution in [2.75, 3.05) is 5.73 Å². The molecule has 5 nitrogen and oxygen atoms in total. The third kappa shape index (κ3) is 2.48. The molecule has 2 N–H and O–H groups in total. The van der Waals surface area contributed by atoms with Gasteiger partial charge in [0.25, 0.3) is 0 Å². The van der Waals surface area contributed by atoms with Crippen LogP contribution >= 0.6 is 23.2 Å². The highest BCUT2D eigenvalue weighted by atomic mass is 35.5. The van der Waals surface area contributed by atoms with Gasteiger partial charge in [-0.15, -0.1) is 0 Å². The van der Waals surface area contributed by atoms with Crippen LogP contribution in [-0.4, -0.2) is 15.0 Å². The molecule has 0 amide bonds. The van der Waals surface area contributed by atoms with Gasteiger partial charge in [-0.05, 0) is 30.3 Å². The van der Waals surface area contributed by atoms with Crippen molar-refractivity contribution in [3.8, 4) is 22.6 Å². The number of fused-ring (bicyclic) bond motifs is 1. The van der Waals surface area contributed by atoms with Crippen molar-refractivity contribution in [3.05, 3.63) is 59.0 Å². The van der Waals surface area contributed by atoms with Crippen LogP contribution in [-0.2, 0) is 0 Å². The fourth-order valence-electron chi connectivity index (χ4n) is 2.56. The quantitative estimate of drug-likeness (QED) is 0.555. The molecule has 3 aromatic heterocycles. The number of furan rings is 1. The van der Waals surface area contributed by atoms with Crippen molar-refractivity contribution in [1.29, 1.82) is 0 Å². The maximum absolute atomic E-state index is 6.38. The Morgan fingerprint density at radius 2 is 1.88 bits per heavy atom. The second-order valence-corrected chi connectivity index (χ2v) is 5.96. The normalized spacial score (nSPS) is 11.1. The van der Waals surface area contributed by atoms with Gasteiger partial charge < -0.3 is 10.2 Å². The summed E-state index contributed by atoms with van der Waals surface area (Å²) < 4.78 is 5.45. The van der Waals surface area contributed by atoms with Gasteiger partial charge in [0.1, 0.15) is 17.8 Å². The Balaban J connectivity index is 2.08. The summed E-state index contributed by atoms with van der Waals surface area (Å²) in [4.78, 5) is 12.8. The van der Waals surface area contributed by atoms with Gasteiger partial charge in [0.15, 0.2) is 11.4 Å². The standard InChI is InChI=1S/C17H10Cl2N4O/c18-9-3-4-10(12(19)6-9)11-7-13(14-2-1-5-24-14)23-17-15(11)16(20)21-8-22-17/h1-8H,(H2,20,21,22,23). The molecule has 0 saturated carbocycles. The van der Waals surface area contributed by atoms with Crippen LogP contribution in [0.2, 0.25) is 10.0 Å². The van der Waals surface area contributed by atoms with Crippen molar-refractivity contribution < 1.29 is 4.42 Å². The Labute approximate surface area is 147 Å². The molecule has 1 aromatic carbocycles. The van der Waals surface area contributed by atoms with Crippen LogP contribution in [0.1, 0.15) is 0 Å². The maximum Gasteiger partial charge on any atom is 0.166 e. The SMILES string of the molecule is Nc1ncnc2nc(-c3ccco3)cc(-c3ccc(Cl)cc3Cl)c12. The van der Waals surface area contributed by atoms with Crippen LogP contribution in [0.25, 0.3) is 33.6 Å². The Bertz CT molecular complexity index is 1050. The summed E-state index contributed by atoms with van der Waals surface area (Å²) in [7, 11) is 0. The number of anilines is 1. The van der Waals surface area contributed by atoms with Gasteiger partial charge in [0.05, 0.1) is 11.6 Å². The van der Waals surface area contributed by atoms with Crippen molar-refractivity contribution in [2.45, 2.75) is 0 Å². The molecule has 0 unspecified atom stereocenters. The minimum atomic E-state index is 0.333. The Kier molecular flexibility index (Phi) is 3.59. The minimum absolute atomic E-state index is 0.333. The van der Waals surface area contributed by atoms with Gasteiger partial charge in [-0.2, -0.15) is 0 Å². The number of benzene rings is 1. The first kappa shape index (κ1) is 14.9. The molecule has 0 atom stereocenters. The van der Waals surface area contributed by atoms with E-state index >= 15 is 0 Å². The largest absolute Gasteiger partial charge is 0.463 e. The zero-order valence-corrected chi connectivity index (χ0v) is 13.7. The second kappa shape index (κ2) is 5.78. The van der Waals surface area contributed by atoms with E-state index < -0.39 is 0 Å². The molecule has 0 spiro atoms. The lowest BCUT2D eigenvalue weighted by atomic mass is 10.0. The molecule has 0 fully saturated rings. The van der Waals surface area contributed by atoms with E-state index in [9.17, 15) is 0 Å². The molecular weight excluding hydrogens is 347 g/mol. The van der Waals surface area contributed by atoms with Gasteiger partial charge in [-0.25, -0.2) is 15.0 Å². The molecule has 4 rings (SSSR count). The third-order valence-corrected chi connectivity index (χ3v) is 4.18. The fraction of sp³-hybridized carbons (Fsp3) is 0. The molecule has 7 heteroatoms. The molecular formula is C17H10Cl2N4O. The number of nitrogens with zero attached hydrogens (tertiary/aromatic N) is 3. The van der Waals surface area contributed by atoms with Crippen LogP contribution in [0.15, 0.2) is 53.4 Å². The van der Waals surface area contributed by atoms with Crippen molar-refractivity contribution in [1.82, 2.24) is 15.0 Å². The van der Waals surface area contributed by atoms with E-state index in [0.717, 1.165) is 11.1 Å². The van der Waals surface area contributed by atoms with Gasteiger partial charge >= 0.3 is 0 Å². The number of halogens is 2. The van der Waals surface area contributed by atoms with E-state index in [1.54, 1.807) is 24.5 Å². The summed E-state index contributed by atoms with van der Waals surface area (Å²) in [5.74, 6) is 0.958. The fourth-order valence-corrected chi connectivity index (χ4v) is 3.07. The average molecular weight is 357 g/mol. The zero-order valence-electron chi connectivity index (χ0n) is 12.2. The molecule has 3 heterocycles. The van der Waals surface area contributed by atoms with Gasteiger partial charge in [0, 0.05) is 21.2 Å². The summed E-state index contributed by atoms with van der Waals surface area (Å²) in [5.41, 5.74) is 8.70. The summed E-state index contributed by atoms with van der Waals surface area (Å²) in [6.45, 7) is 0. The first-order valence-corrected chi connectivity index (χ1v) is 7.79. The maximum atomic E-state index is 6.38. The molecule has 0 aliphatic rings. The highest BCUT2D eigenvalue weighted by molar-refractivity contribution is 6.36. The van der Waals surface area contributed by atoms with E-state index in [1.165, 1.54) is 6.33 Å². The summed E-state index contributed by atoms with van der Waals surface area (Å²) in [6.07, 6.45) is 2.97. The summed E-state index contributed by atoms with van der Waals surface area (Å²) in [6, 6.07) is 10.8. The topological polar surface area (TPSA) is 77.8 Å². The molecule has 4 aromatic rings. The lowest BCUT2D eigenvalue weighted by molar-refractivity contribution is 0.580. The lowest BCUT2D eigenvalue weighted by Crippen LogP contribution is -1.98. The molecule has 0 radical (unpaired) electrons. The number of rotatable bonds is 2. The molecule has 118 valence electrons. The van der Waals surface area contributed by atoms with Crippen LogP contribution in [0.4, 0.5) is 5.82 Å². The third-order valence-electron chi connectivity index (χ3n) is 3.63. The Morgan fingerprint density at radius 1 is 1.00 bits per heavy atom. The van der Waals surface area contributed by atoms with E-state index in [-0.39, 0.29) is 0 Å². The number of aromatic nitrogens is 3. The van der Waals surface area contributed by atoms with E-state index in [4.69, 9.17) is 33.4 Å². The van der Waals surface area contributed by atoms with Gasteiger partial charge in [-0.3, -0.25) is 0 Å². The predicted octanol–water partition coefficient (Wildman–Crippen LogP) is 4.84. The predicted molar refractivity (Wildman–Crippen MR) is 94.9 cm³/mol. The molecule has 0 bridgehead atoms. The zero-order chi connectivity index (χ0) is 16.7. The van der Waals surface area contributed by atoms with Gasteiger partial charge in [-0.1, -0.05) is 29.3 Å². The second-order valence-electron chi connectivity index (χ2n) is 5.11. The number of pyridine rings is 1. The van der Waals surface area contributed by atoms with E-state index in [1.807, 2.05) is 18.2 Å². The lowest BCUT2D eigenvalue weighted by Gasteiger charge is -2.11. The van der Waals surface area contributed by atoms with Crippen LogP contribution in [0, 0.1) is 0 Å². The number of nitrogens with two attached hydrogens (primary N) is 1. The highest BCUT2D eigenvalue weighted by Gasteiger charge is 2.16. The number of hydrogen-bond acceptors (Lipinski definition) is 5. The monoisotopic (exact) mass is 356 g/mol. The smallest absolute Gasteiger partial charge is 0.166 e. The number of nitrogen functional groups attached to an aromatic ring is 1. The average Bonchev–Trinajstić information content (AvgIpc) is 3.09. The highest BCUT2D eigenvalue weighted by Crippen LogP contribution is 2.37. The van der Waals surface area contributed by atoms with Crippen LogP contribution < -0.4 is 5.73 Å². The number of hydrogen-bond donors (Lipinski definition) is 1. The Hall–Kier alpha value is -2.63. The molecule has 24 heavy (non-hydrogen) atoms. The van der Waals surface area contributed by atoms with E-state index in [0.29, 0.717) is 38.4 Å². The van der Waals surface area contributed by atoms with Gasteiger partial charge in [0.2, 0.25) is 0 Å². The Morgan fingerprint density at radius 3 is 2.62 bits per heavy atom. The first-order chi connectivity index (χ1) is 11.6. The first-order valence-electron chi connectivity index (χ1n) is 7.04. The van der Waals surface area contributed by atoms with Crippen LogP contribution in [0.3, 0.4) is 0 Å². The molecule has 0 saturated heterocycles. The summed E-state index contributed by atoms with van der Waals surface area (Å²) in [5, 5.41) is 1.69. The van der Waals surface area contributed by atoms with E-state index in [2.05, 4.69) is 15.0 Å². The minimum Gasteiger partial charge on any atom is -0.463 e.